The Kier molecular flexibility index (Phi) is 8.98. The molecule has 1 aliphatic rings. The van der Waals surface area contributed by atoms with E-state index in [-0.39, 0.29) is 17.0 Å². The third-order valence-corrected chi connectivity index (χ3v) is 2.88. The summed E-state index contributed by atoms with van der Waals surface area (Å²) < 4.78 is 6.34. The van der Waals surface area contributed by atoms with Crippen molar-refractivity contribution in [2.45, 2.75) is 19.8 Å². The number of halogens is 1. The fourth-order valence-corrected chi connectivity index (χ4v) is 1.37. The summed E-state index contributed by atoms with van der Waals surface area (Å²) >= 11 is 1.93. The van der Waals surface area contributed by atoms with Crippen LogP contribution in [0.4, 0.5) is 0 Å². The van der Waals surface area contributed by atoms with Crippen molar-refractivity contribution in [3.63, 3.8) is 0 Å². The number of hydrogen-bond acceptors (Lipinski definition) is 1. The van der Waals surface area contributed by atoms with Crippen LogP contribution in [0.15, 0.2) is 24.3 Å². The maximum atomic E-state index is 4.94. The SMILES string of the molecule is C1CCOC1.Cc1cccc[c]1[Mg+].[Br-]. The molecule has 0 radical (unpaired) electrons. The maximum absolute atomic E-state index is 4.94. The standard InChI is InChI=1S/C7H7.C4H8O.BrH.Mg/c1-7-5-3-2-4-6-7;1-2-4-5-3-1;;/h2-5H,1H3;1-4H2;1H;/q;;;+1/p-1. The van der Waals surface area contributed by atoms with Crippen LogP contribution < -0.4 is 20.7 Å². The van der Waals surface area contributed by atoms with Gasteiger partial charge in [0.1, 0.15) is 0 Å². The molecule has 14 heavy (non-hydrogen) atoms. The summed E-state index contributed by atoms with van der Waals surface area (Å²) in [6, 6.07) is 8.39. The van der Waals surface area contributed by atoms with Crippen molar-refractivity contribution in [2.24, 2.45) is 0 Å². The second-order valence-corrected chi connectivity index (χ2v) is 4.01. The number of benzene rings is 1. The van der Waals surface area contributed by atoms with Crippen LogP contribution >= 0.6 is 0 Å². The molecule has 74 valence electrons. The first-order valence-corrected chi connectivity index (χ1v) is 5.47. The van der Waals surface area contributed by atoms with E-state index in [1.165, 1.54) is 22.1 Å². The third-order valence-electron chi connectivity index (χ3n) is 2.09. The zero-order valence-corrected chi connectivity index (χ0v) is 11.6. The molecule has 0 spiro atoms. The van der Waals surface area contributed by atoms with Gasteiger partial charge in [-0.15, -0.1) is 0 Å². The van der Waals surface area contributed by atoms with E-state index in [9.17, 15) is 0 Å². The van der Waals surface area contributed by atoms with Gasteiger partial charge in [0, 0.05) is 13.2 Å². The molecule has 1 heterocycles. The van der Waals surface area contributed by atoms with Crippen LogP contribution in [0, 0.1) is 6.92 Å². The van der Waals surface area contributed by atoms with Gasteiger partial charge >= 0.3 is 62.2 Å². The van der Waals surface area contributed by atoms with E-state index in [1.807, 2.05) is 21.7 Å². The Morgan fingerprint density at radius 2 is 1.71 bits per heavy atom. The van der Waals surface area contributed by atoms with Gasteiger partial charge in [-0.05, 0) is 12.8 Å². The molecule has 3 heteroatoms. The van der Waals surface area contributed by atoms with Gasteiger partial charge in [-0.2, -0.15) is 0 Å². The monoisotopic (exact) mass is 266 g/mol. The van der Waals surface area contributed by atoms with Crippen molar-refractivity contribution in [2.75, 3.05) is 13.2 Å². The first kappa shape index (κ1) is 14.4. The molecule has 0 aromatic heterocycles. The molecule has 2 rings (SSSR count). The molecule has 0 N–H and O–H groups in total. The molecule has 1 nitrogen and oxygen atoms in total. The molecule has 0 bridgehead atoms. The van der Waals surface area contributed by atoms with Crippen LogP contribution in [0.25, 0.3) is 0 Å². The van der Waals surface area contributed by atoms with Crippen molar-refractivity contribution in [3.8, 4) is 0 Å². The normalized spacial score (nSPS) is 13.9. The van der Waals surface area contributed by atoms with Gasteiger partial charge in [0.05, 0.1) is 0 Å². The first-order valence-electron chi connectivity index (χ1n) is 4.76. The van der Waals surface area contributed by atoms with Crippen molar-refractivity contribution in [1.82, 2.24) is 0 Å². The number of ether oxygens (including phenoxy) is 1. The Labute approximate surface area is 109 Å². The molecular formula is C11H15BrMgO. The van der Waals surface area contributed by atoms with Gasteiger partial charge < -0.3 is 21.7 Å². The Morgan fingerprint density at radius 1 is 1.14 bits per heavy atom. The topological polar surface area (TPSA) is 9.23 Å². The number of aryl methyl sites for hydroxylation is 1. The van der Waals surface area contributed by atoms with Crippen molar-refractivity contribution in [1.29, 1.82) is 0 Å². The predicted octanol–water partition coefficient (Wildman–Crippen LogP) is -1.41. The van der Waals surface area contributed by atoms with Gasteiger partial charge in [0.2, 0.25) is 0 Å². The van der Waals surface area contributed by atoms with Crippen LogP contribution in [-0.4, -0.2) is 34.9 Å². The fraction of sp³-hybridized carbons (Fsp3) is 0.455. The minimum absolute atomic E-state index is 0. The van der Waals surface area contributed by atoms with Crippen molar-refractivity contribution < 1.29 is 21.7 Å². The molecule has 1 saturated heterocycles. The summed E-state index contributed by atoms with van der Waals surface area (Å²) in [5.74, 6) is 0. The zero-order valence-electron chi connectivity index (χ0n) is 8.63. The van der Waals surface area contributed by atoms with Gasteiger partial charge in [0.15, 0.2) is 0 Å². The average molecular weight is 267 g/mol. The van der Waals surface area contributed by atoms with Gasteiger partial charge in [-0.3, -0.25) is 0 Å². The molecular weight excluding hydrogens is 252 g/mol. The van der Waals surface area contributed by atoms with Crippen LogP contribution in [0.5, 0.6) is 0 Å². The maximum Gasteiger partial charge on any atom is -1.00 e. The molecule has 1 fully saturated rings. The summed E-state index contributed by atoms with van der Waals surface area (Å²) in [6.07, 6.45) is 2.56. The fourth-order valence-electron chi connectivity index (χ4n) is 1.12. The summed E-state index contributed by atoms with van der Waals surface area (Å²) in [5.41, 5.74) is 1.38. The zero-order chi connectivity index (χ0) is 9.52. The predicted molar refractivity (Wildman–Crippen MR) is 56.6 cm³/mol. The van der Waals surface area contributed by atoms with Gasteiger partial charge in [0.25, 0.3) is 0 Å². The smallest absolute Gasteiger partial charge is 1.00 e. The van der Waals surface area contributed by atoms with E-state index in [0.717, 1.165) is 13.2 Å². The summed E-state index contributed by atoms with van der Waals surface area (Å²) in [7, 11) is 0. The van der Waals surface area contributed by atoms with Crippen molar-refractivity contribution >= 4 is 25.4 Å². The van der Waals surface area contributed by atoms with Crippen LogP contribution in [-0.2, 0) is 4.74 Å². The second-order valence-electron chi connectivity index (χ2n) is 3.25. The molecule has 1 aromatic carbocycles. The molecule has 0 saturated carbocycles. The number of hydrogen-bond donors (Lipinski definition) is 0. The Balaban J connectivity index is 0.000000246. The summed E-state index contributed by atoms with van der Waals surface area (Å²) in [4.78, 5) is 0. The van der Waals surface area contributed by atoms with E-state index in [4.69, 9.17) is 4.74 Å². The van der Waals surface area contributed by atoms with Crippen molar-refractivity contribution in [3.05, 3.63) is 29.8 Å². The first-order chi connectivity index (χ1) is 6.30. The molecule has 1 aromatic rings. The van der Waals surface area contributed by atoms with E-state index in [0.29, 0.717) is 0 Å². The summed E-state index contributed by atoms with van der Waals surface area (Å²) in [6.45, 7) is 4.13. The van der Waals surface area contributed by atoms with Crippen LogP contribution in [0.3, 0.4) is 0 Å². The molecule has 0 unspecified atom stereocenters. The Bertz CT molecular complexity index is 220. The van der Waals surface area contributed by atoms with Gasteiger partial charge in [-0.25, -0.2) is 0 Å². The van der Waals surface area contributed by atoms with E-state index in [2.05, 4.69) is 31.2 Å². The number of rotatable bonds is 0. The quantitative estimate of drug-likeness (QED) is 0.525. The largest absolute Gasteiger partial charge is 1.00 e. The Morgan fingerprint density at radius 3 is 2.00 bits per heavy atom. The van der Waals surface area contributed by atoms with Crippen LogP contribution in [0.2, 0.25) is 0 Å². The van der Waals surface area contributed by atoms with Gasteiger partial charge in [-0.1, -0.05) is 0 Å². The van der Waals surface area contributed by atoms with E-state index >= 15 is 0 Å². The molecule has 0 atom stereocenters. The second kappa shape index (κ2) is 8.71. The van der Waals surface area contributed by atoms with Crippen LogP contribution in [0.1, 0.15) is 18.4 Å². The minimum atomic E-state index is 0. The molecule has 0 aliphatic carbocycles. The third kappa shape index (κ3) is 6.01. The molecule has 1 aliphatic heterocycles. The summed E-state index contributed by atoms with van der Waals surface area (Å²) in [5, 5.41) is 0. The van der Waals surface area contributed by atoms with E-state index < -0.39 is 0 Å². The average Bonchev–Trinajstić information content (AvgIpc) is 2.68. The Hall–Kier alpha value is 0.426. The minimum Gasteiger partial charge on any atom is -1.00 e. The molecule has 0 amide bonds. The van der Waals surface area contributed by atoms with E-state index in [1.54, 1.807) is 0 Å².